The molecule has 0 spiro atoms. The first-order chi connectivity index (χ1) is 10.0. The summed E-state index contributed by atoms with van der Waals surface area (Å²) in [6.45, 7) is 3.99. The van der Waals surface area contributed by atoms with Crippen LogP contribution in [0.2, 0.25) is 0 Å². The lowest BCUT2D eigenvalue weighted by Gasteiger charge is -2.12. The second kappa shape index (κ2) is 5.37. The first kappa shape index (κ1) is 13.9. The van der Waals surface area contributed by atoms with Gasteiger partial charge in [-0.15, -0.1) is 0 Å². The van der Waals surface area contributed by atoms with Crippen LogP contribution in [0.3, 0.4) is 0 Å². The van der Waals surface area contributed by atoms with Crippen molar-refractivity contribution >= 4 is 32.4 Å². The summed E-state index contributed by atoms with van der Waals surface area (Å²) in [5, 5.41) is 1.88. The Kier molecular flexibility index (Phi) is 3.55. The van der Waals surface area contributed by atoms with Crippen LogP contribution in [0.15, 0.2) is 47.1 Å². The highest BCUT2D eigenvalue weighted by atomic mass is 79.9. The lowest BCUT2D eigenvalue weighted by atomic mass is 10.1. The maximum absolute atomic E-state index is 6.03. The predicted octanol–water partition coefficient (Wildman–Crippen LogP) is 4.99. The fourth-order valence-electron chi connectivity index (χ4n) is 2.24. The van der Waals surface area contributed by atoms with Crippen LogP contribution >= 0.6 is 15.9 Å². The van der Waals surface area contributed by atoms with E-state index in [9.17, 15) is 0 Å². The second-order valence-electron chi connectivity index (χ2n) is 5.04. The zero-order valence-corrected chi connectivity index (χ0v) is 13.4. The Bertz CT molecular complexity index is 830. The third-order valence-corrected chi connectivity index (χ3v) is 4.28. The van der Waals surface area contributed by atoms with Crippen molar-refractivity contribution < 1.29 is 4.74 Å². The fraction of sp³-hybridized carbons (Fsp3) is 0.118. The summed E-state index contributed by atoms with van der Waals surface area (Å²) >= 11 is 3.49. The number of hydrogen-bond donors (Lipinski definition) is 1. The van der Waals surface area contributed by atoms with Gasteiger partial charge in [-0.3, -0.25) is 4.98 Å². The molecule has 3 aromatic rings. The number of halogens is 1. The molecule has 1 heterocycles. The zero-order chi connectivity index (χ0) is 15.0. The Hall–Kier alpha value is -2.07. The highest BCUT2D eigenvalue weighted by Crippen LogP contribution is 2.34. The topological polar surface area (TPSA) is 48.1 Å². The summed E-state index contributed by atoms with van der Waals surface area (Å²) in [5.74, 6) is 1.59. The first-order valence-electron chi connectivity index (χ1n) is 6.63. The minimum Gasteiger partial charge on any atom is -0.457 e. The van der Waals surface area contributed by atoms with Crippen LogP contribution in [0.5, 0.6) is 11.5 Å². The van der Waals surface area contributed by atoms with Crippen molar-refractivity contribution in [1.82, 2.24) is 4.98 Å². The highest BCUT2D eigenvalue weighted by Gasteiger charge is 2.08. The van der Waals surface area contributed by atoms with Crippen LogP contribution < -0.4 is 10.5 Å². The molecule has 0 amide bonds. The molecule has 21 heavy (non-hydrogen) atoms. The number of ether oxygens (including phenoxy) is 1. The molecule has 0 unspecified atom stereocenters. The largest absolute Gasteiger partial charge is 0.457 e. The molecule has 0 bridgehead atoms. The normalized spacial score (nSPS) is 10.8. The van der Waals surface area contributed by atoms with Crippen LogP contribution in [-0.2, 0) is 0 Å². The number of rotatable bonds is 2. The van der Waals surface area contributed by atoms with Gasteiger partial charge in [0.1, 0.15) is 11.5 Å². The summed E-state index contributed by atoms with van der Waals surface area (Å²) in [5.41, 5.74) is 8.78. The van der Waals surface area contributed by atoms with E-state index in [-0.39, 0.29) is 0 Å². The number of benzene rings is 2. The molecule has 3 nitrogen and oxygen atoms in total. The molecule has 0 aliphatic rings. The van der Waals surface area contributed by atoms with Gasteiger partial charge in [-0.1, -0.05) is 15.9 Å². The van der Waals surface area contributed by atoms with E-state index < -0.39 is 0 Å². The molecular weight excluding hydrogens is 328 g/mol. The number of nitrogens with zero attached hydrogens (tertiary/aromatic N) is 1. The Balaban J connectivity index is 2.10. The SMILES string of the molecule is Cc1cc2c(Oc3ccc(Br)c(C)c3)ccc(N)c2cn1. The molecule has 0 radical (unpaired) electrons. The van der Waals surface area contributed by atoms with Gasteiger partial charge in [-0.25, -0.2) is 0 Å². The van der Waals surface area contributed by atoms with Gasteiger partial charge >= 0.3 is 0 Å². The number of pyridine rings is 1. The van der Waals surface area contributed by atoms with Gasteiger partial charge in [0.05, 0.1) is 0 Å². The Morgan fingerprint density at radius 3 is 2.62 bits per heavy atom. The molecule has 0 atom stereocenters. The Labute approximate surface area is 131 Å². The van der Waals surface area contributed by atoms with Crippen molar-refractivity contribution in [2.24, 2.45) is 0 Å². The fourth-order valence-corrected chi connectivity index (χ4v) is 2.48. The number of fused-ring (bicyclic) bond motifs is 1. The van der Waals surface area contributed by atoms with Crippen molar-refractivity contribution in [2.75, 3.05) is 5.73 Å². The Morgan fingerprint density at radius 2 is 1.86 bits per heavy atom. The second-order valence-corrected chi connectivity index (χ2v) is 5.89. The summed E-state index contributed by atoms with van der Waals surface area (Å²) in [7, 11) is 0. The van der Waals surface area contributed by atoms with Gasteiger partial charge in [0.15, 0.2) is 0 Å². The monoisotopic (exact) mass is 342 g/mol. The standard InChI is InChI=1S/C17H15BrN2O/c1-10-7-12(3-4-15(10)18)21-17-6-5-16(19)14-9-20-11(2)8-13(14)17/h3-9H,19H2,1-2H3. The third-order valence-electron chi connectivity index (χ3n) is 3.39. The van der Waals surface area contributed by atoms with E-state index in [1.165, 1.54) is 0 Å². The maximum atomic E-state index is 6.03. The van der Waals surface area contributed by atoms with E-state index in [1.54, 1.807) is 6.20 Å². The third kappa shape index (κ3) is 2.72. The smallest absolute Gasteiger partial charge is 0.135 e. The van der Waals surface area contributed by atoms with E-state index in [1.807, 2.05) is 50.2 Å². The summed E-state index contributed by atoms with van der Waals surface area (Å²) in [4.78, 5) is 4.30. The summed E-state index contributed by atoms with van der Waals surface area (Å²) < 4.78 is 7.10. The highest BCUT2D eigenvalue weighted by molar-refractivity contribution is 9.10. The molecule has 3 rings (SSSR count). The lowest BCUT2D eigenvalue weighted by Crippen LogP contribution is -1.93. The molecule has 0 aliphatic carbocycles. The number of anilines is 1. The molecule has 2 aromatic carbocycles. The number of nitrogen functional groups attached to an aromatic ring is 1. The van der Waals surface area contributed by atoms with Crippen molar-refractivity contribution in [3.05, 3.63) is 58.3 Å². The van der Waals surface area contributed by atoms with Crippen molar-refractivity contribution in [1.29, 1.82) is 0 Å². The summed E-state index contributed by atoms with van der Waals surface area (Å²) in [6, 6.07) is 11.7. The van der Waals surface area contributed by atoms with E-state index >= 15 is 0 Å². The lowest BCUT2D eigenvalue weighted by molar-refractivity contribution is 0.488. The van der Waals surface area contributed by atoms with Gasteiger partial charge in [0, 0.05) is 32.8 Å². The van der Waals surface area contributed by atoms with Gasteiger partial charge in [-0.2, -0.15) is 0 Å². The van der Waals surface area contributed by atoms with E-state index in [2.05, 4.69) is 20.9 Å². The van der Waals surface area contributed by atoms with Crippen molar-refractivity contribution in [2.45, 2.75) is 13.8 Å². The number of aromatic nitrogens is 1. The van der Waals surface area contributed by atoms with Crippen LogP contribution in [0.4, 0.5) is 5.69 Å². The number of aryl methyl sites for hydroxylation is 2. The van der Waals surface area contributed by atoms with Crippen LogP contribution in [0, 0.1) is 13.8 Å². The van der Waals surface area contributed by atoms with E-state index in [0.717, 1.165) is 38.0 Å². The molecule has 0 saturated heterocycles. The van der Waals surface area contributed by atoms with Gasteiger partial charge < -0.3 is 10.5 Å². The predicted molar refractivity (Wildman–Crippen MR) is 89.8 cm³/mol. The van der Waals surface area contributed by atoms with Crippen LogP contribution in [0.1, 0.15) is 11.3 Å². The van der Waals surface area contributed by atoms with E-state index in [4.69, 9.17) is 10.5 Å². The molecule has 4 heteroatoms. The van der Waals surface area contributed by atoms with Gasteiger partial charge in [0.2, 0.25) is 0 Å². The van der Waals surface area contributed by atoms with Gasteiger partial charge in [0.25, 0.3) is 0 Å². The molecule has 1 aromatic heterocycles. The molecule has 106 valence electrons. The molecule has 0 aliphatic heterocycles. The quantitative estimate of drug-likeness (QED) is 0.667. The minimum atomic E-state index is 0.705. The molecular formula is C17H15BrN2O. The van der Waals surface area contributed by atoms with E-state index in [0.29, 0.717) is 5.69 Å². The van der Waals surface area contributed by atoms with Gasteiger partial charge in [-0.05, 0) is 55.8 Å². The number of nitrogens with two attached hydrogens (primary N) is 1. The average molecular weight is 343 g/mol. The average Bonchev–Trinajstić information content (AvgIpc) is 2.46. The molecule has 0 saturated carbocycles. The number of hydrogen-bond acceptors (Lipinski definition) is 3. The maximum Gasteiger partial charge on any atom is 0.135 e. The van der Waals surface area contributed by atoms with Crippen molar-refractivity contribution in [3.63, 3.8) is 0 Å². The Morgan fingerprint density at radius 1 is 1.05 bits per heavy atom. The first-order valence-corrected chi connectivity index (χ1v) is 7.43. The van der Waals surface area contributed by atoms with Crippen LogP contribution in [-0.4, -0.2) is 4.98 Å². The summed E-state index contributed by atoms with van der Waals surface area (Å²) in [6.07, 6.45) is 1.79. The zero-order valence-electron chi connectivity index (χ0n) is 11.9. The van der Waals surface area contributed by atoms with Crippen LogP contribution in [0.25, 0.3) is 10.8 Å². The van der Waals surface area contributed by atoms with Crippen molar-refractivity contribution in [3.8, 4) is 11.5 Å². The minimum absolute atomic E-state index is 0.705. The molecule has 2 N–H and O–H groups in total. The molecule has 0 fully saturated rings.